The highest BCUT2D eigenvalue weighted by Crippen LogP contribution is 2.21. The van der Waals surface area contributed by atoms with Crippen molar-refractivity contribution in [3.8, 4) is 0 Å². The van der Waals surface area contributed by atoms with E-state index in [-0.39, 0.29) is 6.04 Å². The summed E-state index contributed by atoms with van der Waals surface area (Å²) >= 11 is 5.90. The lowest BCUT2D eigenvalue weighted by atomic mass is 10.0. The van der Waals surface area contributed by atoms with E-state index in [9.17, 15) is 8.78 Å². The average molecular weight is 310 g/mol. The molecule has 2 aromatic carbocycles. The second-order valence-electron chi connectivity index (χ2n) is 5.02. The lowest BCUT2D eigenvalue weighted by Crippen LogP contribution is -2.21. The van der Waals surface area contributed by atoms with E-state index in [4.69, 9.17) is 11.6 Å². The minimum absolute atomic E-state index is 0.167. The Morgan fingerprint density at radius 2 is 1.76 bits per heavy atom. The first-order chi connectivity index (χ1) is 10.1. The molecule has 0 spiro atoms. The quantitative estimate of drug-likeness (QED) is 0.768. The number of hydrogen-bond acceptors (Lipinski definition) is 1. The van der Waals surface area contributed by atoms with Gasteiger partial charge in [0.25, 0.3) is 0 Å². The molecule has 0 fully saturated rings. The third-order valence-corrected chi connectivity index (χ3v) is 3.64. The van der Waals surface area contributed by atoms with Gasteiger partial charge in [0, 0.05) is 17.6 Å². The lowest BCUT2D eigenvalue weighted by Gasteiger charge is -2.19. The largest absolute Gasteiger partial charge is 0.306 e. The zero-order valence-electron chi connectivity index (χ0n) is 11.9. The van der Waals surface area contributed by atoms with Crippen molar-refractivity contribution in [1.29, 1.82) is 0 Å². The second-order valence-corrected chi connectivity index (χ2v) is 5.46. The van der Waals surface area contributed by atoms with E-state index in [2.05, 4.69) is 12.2 Å². The van der Waals surface area contributed by atoms with E-state index in [1.807, 2.05) is 24.3 Å². The summed E-state index contributed by atoms with van der Waals surface area (Å²) in [5.41, 5.74) is 1.87. The Morgan fingerprint density at radius 3 is 2.38 bits per heavy atom. The van der Waals surface area contributed by atoms with E-state index in [0.29, 0.717) is 11.6 Å². The number of rotatable bonds is 6. The van der Waals surface area contributed by atoms with Crippen LogP contribution in [0.2, 0.25) is 5.02 Å². The van der Waals surface area contributed by atoms with Gasteiger partial charge in [-0.1, -0.05) is 43.1 Å². The SMILES string of the molecule is CCCC(NCc1ccc(F)c(F)c1)c1ccc(Cl)cc1. The third-order valence-electron chi connectivity index (χ3n) is 3.39. The minimum atomic E-state index is -0.818. The van der Waals surface area contributed by atoms with E-state index in [1.54, 1.807) is 6.07 Å². The van der Waals surface area contributed by atoms with Crippen molar-refractivity contribution >= 4 is 11.6 Å². The summed E-state index contributed by atoms with van der Waals surface area (Å²) in [6.45, 7) is 2.60. The molecule has 0 heterocycles. The Morgan fingerprint density at radius 1 is 1.05 bits per heavy atom. The highest BCUT2D eigenvalue weighted by molar-refractivity contribution is 6.30. The average Bonchev–Trinajstić information content (AvgIpc) is 2.48. The smallest absolute Gasteiger partial charge is 0.159 e. The van der Waals surface area contributed by atoms with Gasteiger partial charge in [-0.05, 0) is 41.8 Å². The van der Waals surface area contributed by atoms with Gasteiger partial charge in [-0.15, -0.1) is 0 Å². The van der Waals surface area contributed by atoms with Crippen LogP contribution in [0, 0.1) is 11.6 Å². The van der Waals surface area contributed by atoms with Crippen molar-refractivity contribution in [1.82, 2.24) is 5.32 Å². The molecule has 0 saturated carbocycles. The van der Waals surface area contributed by atoms with Gasteiger partial charge in [0.15, 0.2) is 11.6 Å². The van der Waals surface area contributed by atoms with Gasteiger partial charge in [-0.3, -0.25) is 0 Å². The molecule has 0 aliphatic carbocycles. The first kappa shape index (κ1) is 15.9. The van der Waals surface area contributed by atoms with Gasteiger partial charge >= 0.3 is 0 Å². The van der Waals surface area contributed by atoms with Gasteiger partial charge in [0.1, 0.15) is 0 Å². The van der Waals surface area contributed by atoms with Crippen LogP contribution < -0.4 is 5.32 Å². The summed E-state index contributed by atoms with van der Waals surface area (Å²) in [5.74, 6) is -1.63. The molecule has 0 amide bonds. The molecule has 1 atom stereocenters. The number of nitrogens with one attached hydrogen (secondary N) is 1. The van der Waals surface area contributed by atoms with Crippen LogP contribution >= 0.6 is 11.6 Å². The van der Waals surface area contributed by atoms with Crippen LogP contribution in [0.1, 0.15) is 36.9 Å². The Bertz CT molecular complexity index is 584. The van der Waals surface area contributed by atoms with E-state index in [1.165, 1.54) is 6.07 Å². The molecule has 1 nitrogen and oxygen atoms in total. The molecule has 0 aliphatic rings. The van der Waals surface area contributed by atoms with E-state index >= 15 is 0 Å². The van der Waals surface area contributed by atoms with Crippen molar-refractivity contribution < 1.29 is 8.78 Å². The maximum Gasteiger partial charge on any atom is 0.159 e. The normalized spacial score (nSPS) is 12.4. The highest BCUT2D eigenvalue weighted by atomic mass is 35.5. The van der Waals surface area contributed by atoms with Gasteiger partial charge in [0.05, 0.1) is 0 Å². The Labute approximate surface area is 128 Å². The molecule has 1 unspecified atom stereocenters. The molecular weight excluding hydrogens is 292 g/mol. The lowest BCUT2D eigenvalue weighted by molar-refractivity contribution is 0.485. The van der Waals surface area contributed by atoms with Crippen LogP contribution in [-0.2, 0) is 6.54 Å². The van der Waals surface area contributed by atoms with Crippen LogP contribution in [-0.4, -0.2) is 0 Å². The second kappa shape index (κ2) is 7.53. The molecule has 112 valence electrons. The zero-order valence-corrected chi connectivity index (χ0v) is 12.6. The van der Waals surface area contributed by atoms with Gasteiger partial charge in [-0.2, -0.15) is 0 Å². The van der Waals surface area contributed by atoms with Crippen molar-refractivity contribution in [3.05, 3.63) is 70.2 Å². The molecule has 0 aliphatic heterocycles. The fourth-order valence-electron chi connectivity index (χ4n) is 2.26. The molecule has 4 heteroatoms. The van der Waals surface area contributed by atoms with E-state index in [0.717, 1.165) is 30.0 Å². The Balaban J connectivity index is 2.05. The molecule has 0 radical (unpaired) electrons. The number of hydrogen-bond donors (Lipinski definition) is 1. The maximum absolute atomic E-state index is 13.2. The Hall–Kier alpha value is -1.45. The molecule has 0 bridgehead atoms. The van der Waals surface area contributed by atoms with Crippen LogP contribution in [0.5, 0.6) is 0 Å². The van der Waals surface area contributed by atoms with Crippen molar-refractivity contribution in [2.24, 2.45) is 0 Å². The number of benzene rings is 2. The summed E-state index contributed by atoms with van der Waals surface area (Å²) in [6, 6.07) is 11.8. The topological polar surface area (TPSA) is 12.0 Å². The minimum Gasteiger partial charge on any atom is -0.306 e. The van der Waals surface area contributed by atoms with Crippen molar-refractivity contribution in [3.63, 3.8) is 0 Å². The molecule has 2 aromatic rings. The summed E-state index contributed by atoms with van der Waals surface area (Å²) in [6.07, 6.45) is 1.99. The number of halogens is 3. The molecule has 2 rings (SSSR count). The van der Waals surface area contributed by atoms with Gasteiger partial charge in [-0.25, -0.2) is 8.78 Å². The van der Waals surface area contributed by atoms with Crippen LogP contribution in [0.25, 0.3) is 0 Å². The van der Waals surface area contributed by atoms with Crippen molar-refractivity contribution in [2.75, 3.05) is 0 Å². The third kappa shape index (κ3) is 4.51. The van der Waals surface area contributed by atoms with Gasteiger partial charge in [0.2, 0.25) is 0 Å². The molecule has 1 N–H and O–H groups in total. The first-order valence-electron chi connectivity index (χ1n) is 7.03. The van der Waals surface area contributed by atoms with Crippen LogP contribution in [0.15, 0.2) is 42.5 Å². The maximum atomic E-state index is 13.2. The first-order valence-corrected chi connectivity index (χ1v) is 7.40. The molecule has 0 saturated heterocycles. The summed E-state index contributed by atoms with van der Waals surface area (Å²) in [4.78, 5) is 0. The van der Waals surface area contributed by atoms with Crippen LogP contribution in [0.3, 0.4) is 0 Å². The van der Waals surface area contributed by atoms with Crippen molar-refractivity contribution in [2.45, 2.75) is 32.4 Å². The van der Waals surface area contributed by atoms with Gasteiger partial charge < -0.3 is 5.32 Å². The van der Waals surface area contributed by atoms with E-state index < -0.39 is 11.6 Å². The monoisotopic (exact) mass is 309 g/mol. The molecule has 21 heavy (non-hydrogen) atoms. The predicted octanol–water partition coefficient (Wildman–Crippen LogP) is 5.25. The summed E-state index contributed by atoms with van der Waals surface area (Å²) in [5, 5.41) is 4.09. The fraction of sp³-hybridized carbons (Fsp3) is 0.294. The molecule has 0 aromatic heterocycles. The molecular formula is C17H18ClF2N. The standard InChI is InChI=1S/C17H18ClF2N/c1-2-3-17(13-5-7-14(18)8-6-13)21-11-12-4-9-15(19)16(20)10-12/h4-10,17,21H,2-3,11H2,1H3. The summed E-state index contributed by atoms with van der Waals surface area (Å²) < 4.78 is 26.1. The highest BCUT2D eigenvalue weighted by Gasteiger charge is 2.10. The van der Waals surface area contributed by atoms with Crippen LogP contribution in [0.4, 0.5) is 8.78 Å². The fourth-order valence-corrected chi connectivity index (χ4v) is 2.39. The summed E-state index contributed by atoms with van der Waals surface area (Å²) in [7, 11) is 0. The predicted molar refractivity (Wildman–Crippen MR) is 82.3 cm³/mol. The zero-order chi connectivity index (χ0) is 15.2. The Kier molecular flexibility index (Phi) is 5.71.